The third-order valence-electron chi connectivity index (χ3n) is 4.24. The fraction of sp³-hybridized carbons (Fsp3) is 0.562. The van der Waals surface area contributed by atoms with Crippen LogP contribution in [0.2, 0.25) is 0 Å². The molecule has 114 valence electrons. The number of carboxylic acids is 1. The van der Waals surface area contributed by atoms with Crippen LogP contribution in [-0.4, -0.2) is 41.7 Å². The lowest BCUT2D eigenvalue weighted by Crippen LogP contribution is -2.45. The van der Waals surface area contributed by atoms with E-state index in [2.05, 4.69) is 0 Å². The number of carbonyl (C=O) groups is 1. The number of thioether (sulfide) groups is 1. The van der Waals surface area contributed by atoms with Crippen molar-refractivity contribution in [1.29, 1.82) is 0 Å². The van der Waals surface area contributed by atoms with E-state index < -0.39 is 5.97 Å². The molecule has 2 saturated heterocycles. The van der Waals surface area contributed by atoms with Crippen LogP contribution in [0.5, 0.6) is 0 Å². The average molecular weight is 308 g/mol. The van der Waals surface area contributed by atoms with Crippen LogP contribution in [0.15, 0.2) is 29.2 Å². The summed E-state index contributed by atoms with van der Waals surface area (Å²) in [5, 5.41) is 9.56. The Labute approximate surface area is 128 Å². The Bertz CT molecular complexity index is 505. The standard InChI is InChI=1S/C16H20O4S/c17-15(18)12-2-1-3-13(10-12)21-14-4-7-20-16(11-14)5-8-19-9-6-16/h1-3,10,14H,4-9,11H2,(H,17,18). The van der Waals surface area contributed by atoms with Gasteiger partial charge in [0.05, 0.1) is 11.2 Å². The van der Waals surface area contributed by atoms with E-state index in [-0.39, 0.29) is 5.60 Å². The highest BCUT2D eigenvalue weighted by molar-refractivity contribution is 8.00. The predicted octanol–water partition coefficient (Wildman–Crippen LogP) is 3.21. The van der Waals surface area contributed by atoms with Gasteiger partial charge < -0.3 is 14.6 Å². The number of hydrogen-bond acceptors (Lipinski definition) is 4. The molecule has 0 aliphatic carbocycles. The maximum absolute atomic E-state index is 11.0. The van der Waals surface area contributed by atoms with Gasteiger partial charge in [0.1, 0.15) is 0 Å². The van der Waals surface area contributed by atoms with E-state index in [1.54, 1.807) is 23.9 Å². The number of carboxylic acid groups (broad SMARTS) is 1. The molecule has 5 heteroatoms. The van der Waals surface area contributed by atoms with Crippen LogP contribution in [0.25, 0.3) is 0 Å². The lowest BCUT2D eigenvalue weighted by Gasteiger charge is -2.43. The lowest BCUT2D eigenvalue weighted by atomic mass is 9.86. The van der Waals surface area contributed by atoms with Gasteiger partial charge in [0, 0.05) is 30.0 Å². The van der Waals surface area contributed by atoms with Crippen molar-refractivity contribution in [3.05, 3.63) is 29.8 Å². The Morgan fingerprint density at radius 1 is 1.29 bits per heavy atom. The zero-order chi connectivity index (χ0) is 14.7. The van der Waals surface area contributed by atoms with Crippen LogP contribution >= 0.6 is 11.8 Å². The van der Waals surface area contributed by atoms with Crippen LogP contribution in [0.4, 0.5) is 0 Å². The molecule has 0 amide bonds. The largest absolute Gasteiger partial charge is 0.478 e. The third kappa shape index (κ3) is 3.59. The summed E-state index contributed by atoms with van der Waals surface area (Å²) in [6, 6.07) is 7.20. The molecule has 0 aromatic heterocycles. The highest BCUT2D eigenvalue weighted by Crippen LogP contribution is 2.40. The first-order chi connectivity index (χ1) is 10.2. The number of benzene rings is 1. The summed E-state index contributed by atoms with van der Waals surface area (Å²) in [7, 11) is 0. The Hall–Kier alpha value is -1.04. The third-order valence-corrected chi connectivity index (χ3v) is 5.50. The first kappa shape index (κ1) is 14.9. The van der Waals surface area contributed by atoms with Crippen molar-refractivity contribution < 1.29 is 19.4 Å². The van der Waals surface area contributed by atoms with E-state index >= 15 is 0 Å². The van der Waals surface area contributed by atoms with Gasteiger partial charge in [0.25, 0.3) is 0 Å². The Kier molecular flexibility index (Phi) is 4.52. The van der Waals surface area contributed by atoms with E-state index in [1.807, 2.05) is 12.1 Å². The molecule has 2 aliphatic rings. The van der Waals surface area contributed by atoms with E-state index in [4.69, 9.17) is 14.6 Å². The van der Waals surface area contributed by atoms with E-state index in [0.29, 0.717) is 10.8 Å². The number of hydrogen-bond donors (Lipinski definition) is 1. The molecule has 2 fully saturated rings. The van der Waals surface area contributed by atoms with Crippen molar-refractivity contribution in [3.8, 4) is 0 Å². The topological polar surface area (TPSA) is 55.8 Å². The molecule has 1 aromatic carbocycles. The predicted molar refractivity (Wildman–Crippen MR) is 81.0 cm³/mol. The summed E-state index contributed by atoms with van der Waals surface area (Å²) in [5.74, 6) is -0.870. The van der Waals surface area contributed by atoms with Crippen LogP contribution in [-0.2, 0) is 9.47 Å². The molecule has 1 N–H and O–H groups in total. The van der Waals surface area contributed by atoms with Crippen LogP contribution in [0.1, 0.15) is 36.0 Å². The average Bonchev–Trinajstić information content (AvgIpc) is 2.48. The maximum Gasteiger partial charge on any atom is 0.335 e. The van der Waals surface area contributed by atoms with Gasteiger partial charge in [-0.15, -0.1) is 11.8 Å². The molecule has 2 aliphatic heterocycles. The Morgan fingerprint density at radius 2 is 2.10 bits per heavy atom. The van der Waals surface area contributed by atoms with E-state index in [1.165, 1.54) is 0 Å². The Balaban J connectivity index is 1.67. The van der Waals surface area contributed by atoms with E-state index in [0.717, 1.165) is 50.4 Å². The molecule has 0 radical (unpaired) electrons. The fourth-order valence-electron chi connectivity index (χ4n) is 3.07. The van der Waals surface area contributed by atoms with Crippen LogP contribution in [0.3, 0.4) is 0 Å². The summed E-state index contributed by atoms with van der Waals surface area (Å²) >= 11 is 1.78. The van der Waals surface area contributed by atoms with Gasteiger partial charge in [-0.1, -0.05) is 6.07 Å². The molecule has 1 unspecified atom stereocenters. The van der Waals surface area contributed by atoms with Crippen molar-refractivity contribution in [2.24, 2.45) is 0 Å². The SMILES string of the molecule is O=C(O)c1cccc(SC2CCOC3(CCOCC3)C2)c1. The smallest absolute Gasteiger partial charge is 0.335 e. The van der Waals surface area contributed by atoms with Crippen molar-refractivity contribution in [2.75, 3.05) is 19.8 Å². The van der Waals surface area contributed by atoms with Gasteiger partial charge >= 0.3 is 5.97 Å². The second-order valence-corrected chi connectivity index (χ2v) is 7.08. The first-order valence-electron chi connectivity index (χ1n) is 7.39. The molecule has 1 aromatic rings. The van der Waals surface area contributed by atoms with Gasteiger partial charge in [-0.2, -0.15) is 0 Å². The molecule has 21 heavy (non-hydrogen) atoms. The monoisotopic (exact) mass is 308 g/mol. The summed E-state index contributed by atoms with van der Waals surface area (Å²) in [6.45, 7) is 2.36. The zero-order valence-electron chi connectivity index (χ0n) is 11.9. The zero-order valence-corrected chi connectivity index (χ0v) is 12.7. The van der Waals surface area contributed by atoms with Crippen LogP contribution in [0, 0.1) is 0 Å². The second kappa shape index (κ2) is 6.38. The Morgan fingerprint density at radius 3 is 2.86 bits per heavy atom. The number of ether oxygens (including phenoxy) is 2. The summed E-state index contributed by atoms with van der Waals surface area (Å²) in [5.41, 5.74) is 0.339. The van der Waals surface area contributed by atoms with E-state index in [9.17, 15) is 4.79 Å². The molecule has 4 nitrogen and oxygen atoms in total. The van der Waals surface area contributed by atoms with Crippen LogP contribution < -0.4 is 0 Å². The summed E-state index contributed by atoms with van der Waals surface area (Å²) in [4.78, 5) is 12.1. The molecular formula is C16H20O4S. The van der Waals surface area contributed by atoms with Crippen molar-refractivity contribution >= 4 is 17.7 Å². The highest BCUT2D eigenvalue weighted by atomic mass is 32.2. The fourth-order valence-corrected chi connectivity index (χ4v) is 4.41. The lowest BCUT2D eigenvalue weighted by molar-refractivity contribution is -0.131. The molecule has 0 saturated carbocycles. The molecule has 2 heterocycles. The maximum atomic E-state index is 11.0. The summed E-state index contributed by atoms with van der Waals surface area (Å²) in [6.07, 6.45) is 3.99. The highest BCUT2D eigenvalue weighted by Gasteiger charge is 2.39. The first-order valence-corrected chi connectivity index (χ1v) is 8.27. The van der Waals surface area contributed by atoms with Gasteiger partial charge in [0.2, 0.25) is 0 Å². The normalized spacial score (nSPS) is 24.9. The van der Waals surface area contributed by atoms with Crippen molar-refractivity contribution in [2.45, 2.75) is 41.4 Å². The van der Waals surface area contributed by atoms with Crippen molar-refractivity contribution in [1.82, 2.24) is 0 Å². The minimum absolute atomic E-state index is 0.0153. The molecule has 3 rings (SSSR count). The number of aromatic carboxylic acids is 1. The quantitative estimate of drug-likeness (QED) is 0.929. The second-order valence-electron chi connectivity index (χ2n) is 5.71. The van der Waals surface area contributed by atoms with Crippen molar-refractivity contribution in [3.63, 3.8) is 0 Å². The molecule has 1 atom stereocenters. The summed E-state index contributed by atoms with van der Waals surface area (Å²) < 4.78 is 11.5. The minimum atomic E-state index is -0.870. The molecule has 1 spiro atoms. The molecular weight excluding hydrogens is 288 g/mol. The minimum Gasteiger partial charge on any atom is -0.478 e. The van der Waals surface area contributed by atoms with Gasteiger partial charge in [-0.05, 0) is 43.9 Å². The molecule has 0 bridgehead atoms. The van der Waals surface area contributed by atoms with Gasteiger partial charge in [-0.3, -0.25) is 0 Å². The number of rotatable bonds is 3. The van der Waals surface area contributed by atoms with Gasteiger partial charge in [-0.25, -0.2) is 4.79 Å². The van der Waals surface area contributed by atoms with Gasteiger partial charge in [0.15, 0.2) is 0 Å².